The normalized spacial score (nSPS) is 11.4. The Morgan fingerprint density at radius 1 is 0.964 bits per heavy atom. The molecular formula is C19H18F3NO5. The molecule has 0 atom stereocenters. The highest BCUT2D eigenvalue weighted by Crippen LogP contribution is 2.46. The molecule has 3 aromatic rings. The van der Waals surface area contributed by atoms with Crippen LogP contribution in [0.3, 0.4) is 0 Å². The molecule has 9 heteroatoms. The monoisotopic (exact) mass is 397 g/mol. The molecule has 2 aromatic carbocycles. The van der Waals surface area contributed by atoms with E-state index in [2.05, 4.69) is 5.16 Å². The molecule has 0 aliphatic carbocycles. The van der Waals surface area contributed by atoms with Crippen LogP contribution in [0, 0.1) is 0 Å². The van der Waals surface area contributed by atoms with Crippen LogP contribution >= 0.6 is 0 Å². The number of alkyl halides is 3. The summed E-state index contributed by atoms with van der Waals surface area (Å²) < 4.78 is 61.0. The summed E-state index contributed by atoms with van der Waals surface area (Å²) in [5.41, 5.74) is -1.37. The van der Waals surface area contributed by atoms with E-state index in [-0.39, 0.29) is 35.4 Å². The first kappa shape index (κ1) is 19.4. The summed E-state index contributed by atoms with van der Waals surface area (Å²) in [5.74, 6) is 0.375. The molecule has 1 aromatic heterocycles. The predicted octanol–water partition coefficient (Wildman–Crippen LogP) is 5.00. The van der Waals surface area contributed by atoms with E-state index in [0.29, 0.717) is 11.5 Å². The summed E-state index contributed by atoms with van der Waals surface area (Å²) >= 11 is 0. The predicted molar refractivity (Wildman–Crippen MR) is 95.8 cm³/mol. The van der Waals surface area contributed by atoms with Gasteiger partial charge in [-0.05, 0) is 29.8 Å². The van der Waals surface area contributed by atoms with Crippen molar-refractivity contribution in [2.75, 3.05) is 21.3 Å². The number of methoxy groups -OCH3 is 3. The Morgan fingerprint density at radius 3 is 2.25 bits per heavy atom. The summed E-state index contributed by atoms with van der Waals surface area (Å²) in [6.07, 6.45) is -4.77. The first-order valence-electron chi connectivity index (χ1n) is 7.96. The van der Waals surface area contributed by atoms with Gasteiger partial charge < -0.3 is 23.8 Å². The van der Waals surface area contributed by atoms with Crippen LogP contribution in [0.2, 0.25) is 0 Å². The lowest BCUT2D eigenvalue weighted by atomic mass is 9.98. The molecule has 0 fully saturated rings. The van der Waals surface area contributed by atoms with Crippen molar-refractivity contribution < 1.29 is 38.4 Å². The highest BCUT2D eigenvalue weighted by atomic mass is 19.4. The van der Waals surface area contributed by atoms with Crippen molar-refractivity contribution in [1.82, 2.24) is 5.16 Å². The van der Waals surface area contributed by atoms with Gasteiger partial charge in [-0.1, -0.05) is 11.2 Å². The van der Waals surface area contributed by atoms with Crippen LogP contribution in [-0.2, 0) is 6.18 Å². The molecule has 0 spiro atoms. The van der Waals surface area contributed by atoms with Crippen molar-refractivity contribution in [1.29, 1.82) is 0 Å². The first-order valence-corrected chi connectivity index (χ1v) is 7.96. The van der Waals surface area contributed by atoms with Gasteiger partial charge in [0.25, 0.3) is 0 Å². The molecule has 150 valence electrons. The van der Waals surface area contributed by atoms with Crippen LogP contribution < -0.4 is 14.2 Å². The Bertz CT molecular complexity index is 1000. The van der Waals surface area contributed by atoms with Gasteiger partial charge in [-0.3, -0.25) is 0 Å². The minimum Gasteiger partial charge on any atom is -0.507 e. The summed E-state index contributed by atoms with van der Waals surface area (Å²) in [6, 6.07) is 8.42. The van der Waals surface area contributed by atoms with Gasteiger partial charge >= 0.3 is 6.18 Å². The van der Waals surface area contributed by atoms with Gasteiger partial charge in [0.05, 0.1) is 32.5 Å². The summed E-state index contributed by atoms with van der Waals surface area (Å²) in [6.45, 7) is 0. The van der Waals surface area contributed by atoms with Crippen molar-refractivity contribution >= 4 is 0 Å². The molecule has 0 bridgehead atoms. The number of aromatic hydroxyl groups is 1. The van der Waals surface area contributed by atoms with Crippen molar-refractivity contribution in [3.63, 3.8) is 0 Å². The van der Waals surface area contributed by atoms with E-state index in [0.717, 1.165) is 0 Å². The molecular weight excluding hydrogens is 379 g/mol. The molecule has 0 saturated carbocycles. The molecule has 3 rings (SSSR count). The average Bonchev–Trinajstić information content (AvgIpc) is 3.12. The maximum Gasteiger partial charge on any atom is 0.437 e. The maximum absolute atomic E-state index is 13.5. The van der Waals surface area contributed by atoms with E-state index < -0.39 is 11.9 Å². The smallest absolute Gasteiger partial charge is 0.437 e. The quantitative estimate of drug-likeness (QED) is 0.653. The third kappa shape index (κ3) is 3.42. The van der Waals surface area contributed by atoms with Gasteiger partial charge in [-0.2, -0.15) is 13.2 Å². The molecule has 0 radical (unpaired) electrons. The molecule has 1 heterocycles. The lowest BCUT2D eigenvalue weighted by Gasteiger charge is -2.12. The van der Waals surface area contributed by atoms with Crippen LogP contribution in [0.5, 0.6) is 23.0 Å². The van der Waals surface area contributed by atoms with Gasteiger partial charge in [-0.25, -0.2) is 0 Å². The minimum atomic E-state index is -4.77. The minimum absolute atomic E-state index is 0. The van der Waals surface area contributed by atoms with Crippen molar-refractivity contribution in [2.24, 2.45) is 0 Å². The van der Waals surface area contributed by atoms with Gasteiger partial charge in [0.1, 0.15) is 11.5 Å². The third-order valence-corrected chi connectivity index (χ3v) is 4.08. The zero-order valence-electron chi connectivity index (χ0n) is 15.1. The largest absolute Gasteiger partial charge is 0.507 e. The number of aromatic nitrogens is 1. The molecule has 1 N–H and O–H groups in total. The van der Waals surface area contributed by atoms with Gasteiger partial charge in [-0.15, -0.1) is 0 Å². The van der Waals surface area contributed by atoms with Crippen LogP contribution in [-0.4, -0.2) is 31.6 Å². The second kappa shape index (κ2) is 7.34. The lowest BCUT2D eigenvalue weighted by Crippen LogP contribution is -2.07. The van der Waals surface area contributed by atoms with Gasteiger partial charge in [0.2, 0.25) is 0 Å². The number of hydrogen-bond acceptors (Lipinski definition) is 6. The Kier molecular flexibility index (Phi) is 5.08. The third-order valence-electron chi connectivity index (χ3n) is 4.08. The number of nitrogens with zero attached hydrogens (tertiary/aromatic N) is 1. The summed E-state index contributed by atoms with van der Waals surface area (Å²) in [7, 11) is 4.19. The van der Waals surface area contributed by atoms with E-state index in [9.17, 15) is 18.3 Å². The number of ether oxygens (including phenoxy) is 3. The average molecular weight is 397 g/mol. The van der Waals surface area contributed by atoms with E-state index in [1.54, 1.807) is 0 Å². The summed E-state index contributed by atoms with van der Waals surface area (Å²) in [4.78, 5) is 0. The van der Waals surface area contributed by atoms with Gasteiger partial charge in [0, 0.05) is 7.49 Å². The number of phenols is 1. The van der Waals surface area contributed by atoms with Crippen LogP contribution in [0.4, 0.5) is 13.2 Å². The van der Waals surface area contributed by atoms with Gasteiger partial charge in [0.15, 0.2) is 23.0 Å². The Morgan fingerprint density at radius 2 is 1.68 bits per heavy atom. The topological polar surface area (TPSA) is 74.0 Å². The fraction of sp³-hybridized carbons (Fsp3) is 0.211. The molecule has 0 amide bonds. The number of halogens is 3. The fourth-order valence-corrected chi connectivity index (χ4v) is 2.76. The van der Waals surface area contributed by atoms with Crippen LogP contribution in [0.25, 0.3) is 22.5 Å². The standard InChI is InChI=1S/C19H16F3NO5.H2/c1-25-11-5-6-12(13(24)9-11)17-16(18(23-28-17)19(20,21)22)10-4-7-14(26-2)15(8-10)27-3;/h4-9,24H,1-3H3;1H. The highest BCUT2D eigenvalue weighted by Gasteiger charge is 2.40. The maximum atomic E-state index is 13.5. The summed E-state index contributed by atoms with van der Waals surface area (Å²) in [5, 5.41) is 13.5. The van der Waals surface area contributed by atoms with Crippen LogP contribution in [0.15, 0.2) is 40.9 Å². The number of rotatable bonds is 5. The zero-order chi connectivity index (χ0) is 20.5. The molecule has 28 heavy (non-hydrogen) atoms. The Labute approximate surface area is 159 Å². The second-order valence-corrected chi connectivity index (χ2v) is 5.69. The lowest BCUT2D eigenvalue weighted by molar-refractivity contribution is -0.142. The number of hydrogen-bond donors (Lipinski definition) is 1. The zero-order valence-corrected chi connectivity index (χ0v) is 15.1. The van der Waals surface area contributed by atoms with E-state index >= 15 is 0 Å². The SMILES string of the molecule is COc1ccc(-c2onc(C(F)(F)F)c2-c2ccc(OC)c(OC)c2)c(O)c1.[HH]. The van der Waals surface area contributed by atoms with Crippen molar-refractivity contribution in [2.45, 2.75) is 6.18 Å². The molecule has 0 aliphatic rings. The highest BCUT2D eigenvalue weighted by molar-refractivity contribution is 5.85. The fourth-order valence-electron chi connectivity index (χ4n) is 2.76. The van der Waals surface area contributed by atoms with E-state index in [1.807, 2.05) is 0 Å². The molecule has 0 unspecified atom stereocenters. The molecule has 0 saturated heterocycles. The van der Waals surface area contributed by atoms with E-state index in [1.165, 1.54) is 57.7 Å². The van der Waals surface area contributed by atoms with Crippen LogP contribution in [0.1, 0.15) is 7.12 Å². The first-order chi connectivity index (χ1) is 13.3. The number of phenolic OH excluding ortho intramolecular Hbond substituents is 1. The number of benzene rings is 2. The molecule has 6 nitrogen and oxygen atoms in total. The van der Waals surface area contributed by atoms with Crippen molar-refractivity contribution in [3.8, 4) is 45.4 Å². The van der Waals surface area contributed by atoms with Crippen molar-refractivity contribution in [3.05, 3.63) is 42.1 Å². The van der Waals surface area contributed by atoms with E-state index in [4.69, 9.17) is 18.7 Å². The second-order valence-electron chi connectivity index (χ2n) is 5.69. The Hall–Kier alpha value is -3.36. The molecule has 0 aliphatic heterocycles. The Balaban J connectivity index is 0.00000300.